The van der Waals surface area contributed by atoms with E-state index in [0.29, 0.717) is 5.56 Å². The number of halogens is 4. The van der Waals surface area contributed by atoms with E-state index in [1.54, 1.807) is 0 Å². The van der Waals surface area contributed by atoms with Crippen molar-refractivity contribution >= 4 is 27.7 Å². The van der Waals surface area contributed by atoms with E-state index >= 15 is 0 Å². The van der Waals surface area contributed by atoms with Gasteiger partial charge in [0.1, 0.15) is 6.61 Å². The Balaban J connectivity index is 2.92. The van der Waals surface area contributed by atoms with Gasteiger partial charge in [-0.25, -0.2) is 0 Å². The molecule has 0 unspecified atom stereocenters. The molecule has 0 radical (unpaired) electrons. The van der Waals surface area contributed by atoms with Crippen LogP contribution in [0, 0.1) is 0 Å². The molecular formula is C10H8ClF3O5S. The zero-order chi connectivity index (χ0) is 15.6. The van der Waals surface area contributed by atoms with Crippen LogP contribution in [0.5, 0.6) is 5.75 Å². The Bertz CT molecular complexity index is 612. The fourth-order valence-electron chi connectivity index (χ4n) is 1.05. The molecule has 0 amide bonds. The summed E-state index contributed by atoms with van der Waals surface area (Å²) < 4.78 is 66.5. The van der Waals surface area contributed by atoms with Crippen LogP contribution >= 0.6 is 11.6 Å². The maximum Gasteiger partial charge on any atom is 0.534 e. The number of carbonyl (C=O) groups excluding carboxylic acids is 1. The standard InChI is InChI=1S/C10H8ClF3O5S/c1-6(15)18-5-7-2-3-9(8(11)4-7)19-20(16,17)10(12,13)14/h2-4H,5H2,1H3. The van der Waals surface area contributed by atoms with E-state index in [1.807, 2.05) is 0 Å². The van der Waals surface area contributed by atoms with Crippen LogP contribution in [0.25, 0.3) is 0 Å². The van der Waals surface area contributed by atoms with Gasteiger partial charge in [0.2, 0.25) is 0 Å². The van der Waals surface area contributed by atoms with Gasteiger partial charge in [-0.1, -0.05) is 17.7 Å². The molecule has 0 heterocycles. The summed E-state index contributed by atoms with van der Waals surface area (Å²) in [5, 5.41) is -0.359. The summed E-state index contributed by atoms with van der Waals surface area (Å²) in [6.45, 7) is 1.02. The highest BCUT2D eigenvalue weighted by atomic mass is 35.5. The van der Waals surface area contributed by atoms with Crippen LogP contribution in [0.3, 0.4) is 0 Å². The molecule has 1 rings (SSSR count). The Morgan fingerprint density at radius 3 is 2.40 bits per heavy atom. The van der Waals surface area contributed by atoms with Crippen LogP contribution in [0.1, 0.15) is 12.5 Å². The van der Waals surface area contributed by atoms with Gasteiger partial charge in [-0.3, -0.25) is 4.79 Å². The van der Waals surface area contributed by atoms with Crippen molar-refractivity contribution < 1.29 is 35.3 Å². The minimum atomic E-state index is -5.78. The van der Waals surface area contributed by atoms with Crippen molar-refractivity contribution in [2.24, 2.45) is 0 Å². The molecule has 0 atom stereocenters. The number of benzene rings is 1. The number of hydrogen-bond acceptors (Lipinski definition) is 5. The van der Waals surface area contributed by atoms with Crippen LogP contribution in [0.15, 0.2) is 18.2 Å². The molecule has 0 aliphatic rings. The summed E-state index contributed by atoms with van der Waals surface area (Å²) in [5.41, 5.74) is -5.19. The lowest BCUT2D eigenvalue weighted by Crippen LogP contribution is -2.28. The van der Waals surface area contributed by atoms with Crippen molar-refractivity contribution in [3.63, 3.8) is 0 Å². The lowest BCUT2D eigenvalue weighted by atomic mass is 10.2. The quantitative estimate of drug-likeness (QED) is 0.481. The Morgan fingerprint density at radius 1 is 1.35 bits per heavy atom. The third-order valence-electron chi connectivity index (χ3n) is 1.92. The Hall–Kier alpha value is -1.48. The molecule has 1 aromatic rings. The van der Waals surface area contributed by atoms with Crippen molar-refractivity contribution in [3.8, 4) is 5.75 Å². The number of carbonyl (C=O) groups is 1. The number of alkyl halides is 3. The molecular weight excluding hydrogens is 325 g/mol. The average molecular weight is 333 g/mol. The van der Waals surface area contributed by atoms with Crippen LogP contribution in [-0.4, -0.2) is 19.9 Å². The van der Waals surface area contributed by atoms with Gasteiger partial charge in [-0.15, -0.1) is 0 Å². The van der Waals surface area contributed by atoms with Crippen molar-refractivity contribution in [3.05, 3.63) is 28.8 Å². The van der Waals surface area contributed by atoms with E-state index < -0.39 is 27.3 Å². The Kier molecular flexibility index (Phi) is 4.87. The molecule has 1 aromatic carbocycles. The summed E-state index contributed by atoms with van der Waals surface area (Å²) in [6.07, 6.45) is 0. The second-order valence-electron chi connectivity index (χ2n) is 3.53. The SMILES string of the molecule is CC(=O)OCc1ccc(OS(=O)(=O)C(F)(F)F)c(Cl)c1. The predicted molar refractivity (Wildman–Crippen MR) is 62.5 cm³/mol. The monoisotopic (exact) mass is 332 g/mol. The normalized spacial score (nSPS) is 12.1. The summed E-state index contributed by atoms with van der Waals surface area (Å²) in [5.74, 6) is -1.23. The van der Waals surface area contributed by atoms with E-state index in [2.05, 4.69) is 8.92 Å². The highest BCUT2D eigenvalue weighted by Crippen LogP contribution is 2.32. The van der Waals surface area contributed by atoms with Crippen molar-refractivity contribution in [2.75, 3.05) is 0 Å². The lowest BCUT2D eigenvalue weighted by Gasteiger charge is -2.11. The van der Waals surface area contributed by atoms with Crippen LogP contribution < -0.4 is 4.18 Å². The van der Waals surface area contributed by atoms with Gasteiger partial charge in [0.25, 0.3) is 0 Å². The van der Waals surface area contributed by atoms with E-state index in [1.165, 1.54) is 13.0 Å². The molecule has 0 fully saturated rings. The first-order valence-electron chi connectivity index (χ1n) is 4.95. The minimum Gasteiger partial charge on any atom is -0.461 e. The van der Waals surface area contributed by atoms with E-state index in [0.717, 1.165) is 12.1 Å². The van der Waals surface area contributed by atoms with Crippen molar-refractivity contribution in [1.82, 2.24) is 0 Å². The maximum atomic E-state index is 12.1. The number of esters is 1. The molecule has 0 aliphatic heterocycles. The van der Waals surface area contributed by atoms with Gasteiger partial charge >= 0.3 is 21.6 Å². The number of ether oxygens (including phenoxy) is 1. The Morgan fingerprint density at radius 2 is 1.95 bits per heavy atom. The van der Waals surface area contributed by atoms with Gasteiger partial charge in [-0.2, -0.15) is 21.6 Å². The summed E-state index contributed by atoms with van der Waals surface area (Å²) in [6, 6.07) is 3.28. The van der Waals surface area contributed by atoms with Crippen LogP contribution in [0.2, 0.25) is 5.02 Å². The smallest absolute Gasteiger partial charge is 0.461 e. The van der Waals surface area contributed by atoms with Crippen LogP contribution in [0.4, 0.5) is 13.2 Å². The molecule has 10 heteroatoms. The molecule has 112 valence electrons. The van der Waals surface area contributed by atoms with E-state index in [4.69, 9.17) is 11.6 Å². The second kappa shape index (κ2) is 5.88. The first-order valence-corrected chi connectivity index (χ1v) is 6.74. The molecule has 0 saturated heterocycles. The first-order chi connectivity index (χ1) is 9.03. The molecule has 0 saturated carbocycles. The molecule has 5 nitrogen and oxygen atoms in total. The predicted octanol–water partition coefficient (Wildman–Crippen LogP) is 2.63. The molecule has 0 aromatic heterocycles. The van der Waals surface area contributed by atoms with Gasteiger partial charge in [0, 0.05) is 6.92 Å². The summed E-state index contributed by atoms with van der Waals surface area (Å²) >= 11 is 5.60. The van der Waals surface area contributed by atoms with Crippen molar-refractivity contribution in [1.29, 1.82) is 0 Å². The van der Waals surface area contributed by atoms with Crippen LogP contribution in [-0.2, 0) is 26.3 Å². The van der Waals surface area contributed by atoms with Gasteiger partial charge in [0.05, 0.1) is 5.02 Å². The fraction of sp³-hybridized carbons (Fsp3) is 0.300. The molecule has 0 bridgehead atoms. The first kappa shape index (κ1) is 16.6. The number of hydrogen-bond donors (Lipinski definition) is 0. The lowest BCUT2D eigenvalue weighted by molar-refractivity contribution is -0.142. The summed E-state index contributed by atoms with van der Waals surface area (Å²) in [7, 11) is -5.78. The molecule has 20 heavy (non-hydrogen) atoms. The van der Waals surface area contributed by atoms with E-state index in [-0.39, 0.29) is 11.6 Å². The van der Waals surface area contributed by atoms with Gasteiger partial charge in [-0.05, 0) is 17.7 Å². The molecule has 0 aliphatic carbocycles. The van der Waals surface area contributed by atoms with Crippen molar-refractivity contribution in [2.45, 2.75) is 19.0 Å². The highest BCUT2D eigenvalue weighted by molar-refractivity contribution is 7.88. The fourth-order valence-corrected chi connectivity index (χ4v) is 1.82. The highest BCUT2D eigenvalue weighted by Gasteiger charge is 2.48. The topological polar surface area (TPSA) is 69.7 Å². The minimum absolute atomic E-state index is 0.151. The third-order valence-corrected chi connectivity index (χ3v) is 3.18. The zero-order valence-electron chi connectivity index (χ0n) is 9.90. The zero-order valence-corrected chi connectivity index (χ0v) is 11.5. The largest absolute Gasteiger partial charge is 0.534 e. The third kappa shape index (κ3) is 4.27. The van der Waals surface area contributed by atoms with E-state index in [9.17, 15) is 26.4 Å². The second-order valence-corrected chi connectivity index (χ2v) is 5.47. The average Bonchev–Trinajstić information content (AvgIpc) is 2.28. The maximum absolute atomic E-state index is 12.1. The molecule has 0 spiro atoms. The molecule has 0 N–H and O–H groups in total. The summed E-state index contributed by atoms with van der Waals surface area (Å²) in [4.78, 5) is 10.6. The Labute approximate surface area is 117 Å². The van der Waals surface area contributed by atoms with Gasteiger partial charge in [0.15, 0.2) is 5.75 Å². The van der Waals surface area contributed by atoms with Gasteiger partial charge < -0.3 is 8.92 Å². The number of rotatable bonds is 4.